The molecule has 0 bridgehead atoms. The van der Waals surface area contributed by atoms with E-state index in [4.69, 9.17) is 10.00 Å². The molecule has 19 heavy (non-hydrogen) atoms. The fourth-order valence-corrected chi connectivity index (χ4v) is 1.97. The van der Waals surface area contributed by atoms with E-state index in [2.05, 4.69) is 6.07 Å². The topological polar surface area (TPSA) is 33.0 Å². The molecule has 0 aliphatic carbocycles. The number of ether oxygens (including phenoxy) is 1. The van der Waals surface area contributed by atoms with Crippen LogP contribution in [0.4, 0.5) is 4.39 Å². The smallest absolute Gasteiger partial charge is 0.123 e. The van der Waals surface area contributed by atoms with Crippen molar-refractivity contribution >= 4 is 0 Å². The van der Waals surface area contributed by atoms with Gasteiger partial charge < -0.3 is 4.74 Å². The first-order valence-electron chi connectivity index (χ1n) is 5.98. The maximum Gasteiger partial charge on any atom is 0.123 e. The largest absolute Gasteiger partial charge is 0.489 e. The minimum Gasteiger partial charge on any atom is -0.489 e. The number of nitriles is 1. The van der Waals surface area contributed by atoms with Crippen molar-refractivity contribution in [3.63, 3.8) is 0 Å². The zero-order chi connectivity index (χ0) is 13.8. The molecular weight excluding hydrogens is 241 g/mol. The Balaban J connectivity index is 2.19. The van der Waals surface area contributed by atoms with Gasteiger partial charge in [-0.05, 0) is 55.3 Å². The van der Waals surface area contributed by atoms with E-state index in [1.807, 2.05) is 32.0 Å². The van der Waals surface area contributed by atoms with Gasteiger partial charge in [0.25, 0.3) is 0 Å². The lowest BCUT2D eigenvalue weighted by atomic mass is 10.1. The van der Waals surface area contributed by atoms with Crippen LogP contribution in [-0.2, 0) is 6.61 Å². The van der Waals surface area contributed by atoms with Gasteiger partial charge in [-0.25, -0.2) is 4.39 Å². The van der Waals surface area contributed by atoms with Crippen LogP contribution in [0.1, 0.15) is 22.3 Å². The van der Waals surface area contributed by atoms with Crippen LogP contribution in [0, 0.1) is 31.0 Å². The molecule has 2 aromatic carbocycles. The number of hydrogen-bond acceptors (Lipinski definition) is 2. The summed E-state index contributed by atoms with van der Waals surface area (Å²) in [5, 5.41) is 8.97. The van der Waals surface area contributed by atoms with E-state index >= 15 is 0 Å². The van der Waals surface area contributed by atoms with Crippen molar-refractivity contribution in [2.45, 2.75) is 20.5 Å². The summed E-state index contributed by atoms with van der Waals surface area (Å²) in [6.45, 7) is 4.16. The van der Waals surface area contributed by atoms with Crippen LogP contribution in [0.3, 0.4) is 0 Å². The molecule has 0 aliphatic heterocycles. The maximum atomic E-state index is 13.2. The fourth-order valence-electron chi connectivity index (χ4n) is 1.97. The summed E-state index contributed by atoms with van der Waals surface area (Å²) in [5.41, 5.74) is 3.21. The molecular formula is C16H14FNO. The highest BCUT2D eigenvalue weighted by Crippen LogP contribution is 2.19. The second-order valence-electron chi connectivity index (χ2n) is 4.53. The minimum absolute atomic E-state index is 0.184. The molecule has 0 aliphatic rings. The molecule has 0 saturated heterocycles. The Hall–Kier alpha value is -2.34. The van der Waals surface area contributed by atoms with Gasteiger partial charge in [0.05, 0.1) is 11.6 Å². The van der Waals surface area contributed by atoms with E-state index in [9.17, 15) is 4.39 Å². The highest BCUT2D eigenvalue weighted by molar-refractivity contribution is 5.38. The number of aryl methyl sites for hydroxylation is 2. The summed E-state index contributed by atoms with van der Waals surface area (Å²) in [5.74, 6) is 0.365. The Morgan fingerprint density at radius 2 is 1.79 bits per heavy atom. The number of rotatable bonds is 3. The standard InChI is InChI=1S/C16H14FNO/c1-11-5-12(2)7-16(6-11)19-10-14-8-15(17)4-3-13(14)9-18/h3-8H,10H2,1-2H3. The molecule has 0 unspecified atom stereocenters. The summed E-state index contributed by atoms with van der Waals surface area (Å²) >= 11 is 0. The van der Waals surface area contributed by atoms with Crippen LogP contribution in [-0.4, -0.2) is 0 Å². The third-order valence-electron chi connectivity index (χ3n) is 2.78. The van der Waals surface area contributed by atoms with Gasteiger partial charge in [-0.3, -0.25) is 0 Å². The van der Waals surface area contributed by atoms with Crippen molar-refractivity contribution in [1.82, 2.24) is 0 Å². The maximum absolute atomic E-state index is 13.2. The lowest BCUT2D eigenvalue weighted by Crippen LogP contribution is -1.99. The molecule has 0 saturated carbocycles. The number of halogens is 1. The van der Waals surface area contributed by atoms with Gasteiger partial charge >= 0.3 is 0 Å². The molecule has 0 N–H and O–H groups in total. The lowest BCUT2D eigenvalue weighted by molar-refractivity contribution is 0.305. The minimum atomic E-state index is -0.363. The van der Waals surface area contributed by atoms with Gasteiger partial charge in [-0.15, -0.1) is 0 Å². The molecule has 2 aromatic rings. The van der Waals surface area contributed by atoms with Gasteiger partial charge in [-0.1, -0.05) is 6.07 Å². The predicted octanol–water partition coefficient (Wildman–Crippen LogP) is 3.89. The predicted molar refractivity (Wildman–Crippen MR) is 71.4 cm³/mol. The third-order valence-corrected chi connectivity index (χ3v) is 2.78. The Morgan fingerprint density at radius 1 is 1.11 bits per heavy atom. The highest BCUT2D eigenvalue weighted by Gasteiger charge is 2.05. The second-order valence-corrected chi connectivity index (χ2v) is 4.53. The van der Waals surface area contributed by atoms with Gasteiger partial charge in [0.2, 0.25) is 0 Å². The van der Waals surface area contributed by atoms with E-state index < -0.39 is 0 Å². The molecule has 0 radical (unpaired) electrons. The third kappa shape index (κ3) is 3.32. The molecule has 0 spiro atoms. The first kappa shape index (κ1) is 13.1. The summed E-state index contributed by atoms with van der Waals surface area (Å²) in [6, 6.07) is 12.0. The normalized spacial score (nSPS) is 10.0. The zero-order valence-corrected chi connectivity index (χ0v) is 10.9. The van der Waals surface area contributed by atoms with Crippen molar-refractivity contribution < 1.29 is 9.13 Å². The van der Waals surface area contributed by atoms with E-state index in [0.717, 1.165) is 16.9 Å². The molecule has 2 nitrogen and oxygen atoms in total. The van der Waals surface area contributed by atoms with Crippen molar-refractivity contribution in [2.75, 3.05) is 0 Å². The summed E-state index contributed by atoms with van der Waals surface area (Å²) in [6.07, 6.45) is 0. The van der Waals surface area contributed by atoms with Crippen molar-refractivity contribution in [2.24, 2.45) is 0 Å². The zero-order valence-electron chi connectivity index (χ0n) is 10.9. The van der Waals surface area contributed by atoms with Crippen molar-refractivity contribution in [3.8, 4) is 11.8 Å². The second kappa shape index (κ2) is 5.53. The van der Waals surface area contributed by atoms with Crippen LogP contribution in [0.5, 0.6) is 5.75 Å². The van der Waals surface area contributed by atoms with Gasteiger partial charge in [-0.2, -0.15) is 5.26 Å². The molecule has 3 heteroatoms. The number of hydrogen-bond donors (Lipinski definition) is 0. The number of nitrogens with zero attached hydrogens (tertiary/aromatic N) is 1. The molecule has 0 heterocycles. The Kier molecular flexibility index (Phi) is 3.82. The lowest BCUT2D eigenvalue weighted by Gasteiger charge is -2.09. The summed E-state index contributed by atoms with van der Waals surface area (Å²) < 4.78 is 18.8. The average molecular weight is 255 g/mol. The first-order chi connectivity index (χ1) is 9.08. The van der Waals surface area contributed by atoms with Crippen LogP contribution < -0.4 is 4.74 Å². The summed E-state index contributed by atoms with van der Waals surface area (Å²) in [4.78, 5) is 0. The molecule has 0 amide bonds. The Morgan fingerprint density at radius 3 is 2.42 bits per heavy atom. The van der Waals surface area contributed by atoms with E-state index in [1.165, 1.54) is 18.2 Å². The van der Waals surface area contributed by atoms with E-state index in [0.29, 0.717) is 11.1 Å². The van der Waals surface area contributed by atoms with Gasteiger partial charge in [0.15, 0.2) is 0 Å². The molecule has 0 aromatic heterocycles. The molecule has 0 fully saturated rings. The Labute approximate surface area is 112 Å². The van der Waals surface area contributed by atoms with Gasteiger partial charge in [0.1, 0.15) is 18.2 Å². The van der Waals surface area contributed by atoms with Crippen LogP contribution >= 0.6 is 0 Å². The van der Waals surface area contributed by atoms with Crippen LogP contribution in [0.15, 0.2) is 36.4 Å². The van der Waals surface area contributed by atoms with E-state index in [1.54, 1.807) is 0 Å². The molecule has 96 valence electrons. The monoisotopic (exact) mass is 255 g/mol. The van der Waals surface area contributed by atoms with Crippen molar-refractivity contribution in [3.05, 3.63) is 64.5 Å². The van der Waals surface area contributed by atoms with E-state index in [-0.39, 0.29) is 12.4 Å². The SMILES string of the molecule is Cc1cc(C)cc(OCc2cc(F)ccc2C#N)c1. The Bertz CT molecular complexity index is 623. The van der Waals surface area contributed by atoms with Crippen LogP contribution in [0.25, 0.3) is 0 Å². The summed E-state index contributed by atoms with van der Waals surface area (Å²) in [7, 11) is 0. The van der Waals surface area contributed by atoms with Crippen molar-refractivity contribution in [1.29, 1.82) is 5.26 Å². The molecule has 0 atom stereocenters. The number of benzene rings is 2. The average Bonchev–Trinajstić information content (AvgIpc) is 2.35. The molecule has 2 rings (SSSR count). The quantitative estimate of drug-likeness (QED) is 0.833. The first-order valence-corrected chi connectivity index (χ1v) is 5.98. The van der Waals surface area contributed by atoms with Gasteiger partial charge in [0, 0.05) is 5.56 Å². The highest BCUT2D eigenvalue weighted by atomic mass is 19.1. The fraction of sp³-hybridized carbons (Fsp3) is 0.188. The van der Waals surface area contributed by atoms with Crippen LogP contribution in [0.2, 0.25) is 0 Å².